The fourth-order valence-electron chi connectivity index (χ4n) is 1.29. The van der Waals surface area contributed by atoms with Crippen LogP contribution in [0.4, 0.5) is 0 Å². The molecule has 0 aliphatic carbocycles. The van der Waals surface area contributed by atoms with Gasteiger partial charge < -0.3 is 10.9 Å². The molecule has 0 aliphatic heterocycles. The molecule has 5 nitrogen and oxygen atoms in total. The van der Waals surface area contributed by atoms with Crippen molar-refractivity contribution in [1.29, 1.82) is 0 Å². The van der Waals surface area contributed by atoms with Crippen LogP contribution in [0.15, 0.2) is 11.4 Å². The number of amidine groups is 1. The summed E-state index contributed by atoms with van der Waals surface area (Å²) < 4.78 is 1.81. The topological polar surface area (TPSA) is 76.4 Å². The van der Waals surface area contributed by atoms with E-state index in [9.17, 15) is 0 Å². The van der Waals surface area contributed by atoms with E-state index >= 15 is 0 Å². The van der Waals surface area contributed by atoms with Crippen molar-refractivity contribution in [2.24, 2.45) is 16.8 Å². The van der Waals surface area contributed by atoms with E-state index in [2.05, 4.69) is 24.1 Å². The minimum Gasteiger partial charge on any atom is -0.409 e. The number of nitrogens with zero attached hydrogens (tertiary/aromatic N) is 3. The van der Waals surface area contributed by atoms with Crippen LogP contribution in [0, 0.1) is 12.8 Å². The van der Waals surface area contributed by atoms with Gasteiger partial charge in [-0.3, -0.25) is 4.68 Å². The van der Waals surface area contributed by atoms with Gasteiger partial charge in [-0.1, -0.05) is 19.0 Å². The first-order valence-corrected chi connectivity index (χ1v) is 4.56. The van der Waals surface area contributed by atoms with Crippen LogP contribution in [0.25, 0.3) is 0 Å². The third kappa shape index (κ3) is 2.25. The predicted molar refractivity (Wildman–Crippen MR) is 54.3 cm³/mol. The van der Waals surface area contributed by atoms with E-state index in [0.29, 0.717) is 11.5 Å². The van der Waals surface area contributed by atoms with Gasteiger partial charge in [0.1, 0.15) is 0 Å². The second kappa shape index (κ2) is 4.13. The van der Waals surface area contributed by atoms with Crippen LogP contribution in [-0.2, 0) is 6.54 Å². The summed E-state index contributed by atoms with van der Waals surface area (Å²) in [7, 11) is 0. The summed E-state index contributed by atoms with van der Waals surface area (Å²) in [4.78, 5) is 0. The molecule has 1 aromatic rings. The maximum Gasteiger partial charge on any atom is 0.173 e. The molecule has 0 saturated heterocycles. The predicted octanol–water partition coefficient (Wildman–Crippen LogP) is 0.942. The summed E-state index contributed by atoms with van der Waals surface area (Å²) in [5.41, 5.74) is 6.95. The smallest absolute Gasteiger partial charge is 0.173 e. The van der Waals surface area contributed by atoms with Gasteiger partial charge in [-0.2, -0.15) is 5.10 Å². The summed E-state index contributed by atoms with van der Waals surface area (Å²) in [5.74, 6) is 0.631. The molecule has 0 unspecified atom stereocenters. The number of hydrogen-bond acceptors (Lipinski definition) is 3. The van der Waals surface area contributed by atoms with Gasteiger partial charge in [0.05, 0.1) is 11.3 Å². The third-order valence-electron chi connectivity index (χ3n) is 1.88. The standard InChI is InChI=1S/C9H16N4O/c1-6(2)4-13-5-8(7(3)11-13)9(10)12-14/h5-6,14H,4H2,1-3H3,(H2,10,12). The Balaban J connectivity index is 2.93. The van der Waals surface area contributed by atoms with Crippen molar-refractivity contribution in [1.82, 2.24) is 9.78 Å². The quantitative estimate of drug-likeness (QED) is 0.327. The summed E-state index contributed by atoms with van der Waals surface area (Å²) >= 11 is 0. The molecular formula is C9H16N4O. The SMILES string of the molecule is Cc1nn(CC(C)C)cc1/C(N)=N\O. The third-order valence-corrected chi connectivity index (χ3v) is 1.88. The van der Waals surface area contributed by atoms with Gasteiger partial charge in [-0.15, -0.1) is 0 Å². The number of nitrogens with two attached hydrogens (primary N) is 1. The number of rotatable bonds is 3. The van der Waals surface area contributed by atoms with Crippen LogP contribution < -0.4 is 5.73 Å². The van der Waals surface area contributed by atoms with Gasteiger partial charge in [-0.05, 0) is 12.8 Å². The average Bonchev–Trinajstić information content (AvgIpc) is 2.44. The van der Waals surface area contributed by atoms with Crippen LogP contribution in [0.5, 0.6) is 0 Å². The molecule has 0 radical (unpaired) electrons. The molecule has 1 rings (SSSR count). The lowest BCUT2D eigenvalue weighted by Gasteiger charge is -2.03. The van der Waals surface area contributed by atoms with Gasteiger partial charge in [0.2, 0.25) is 0 Å². The molecule has 0 fully saturated rings. The minimum atomic E-state index is 0.109. The zero-order chi connectivity index (χ0) is 10.7. The molecule has 78 valence electrons. The van der Waals surface area contributed by atoms with Crippen molar-refractivity contribution in [2.45, 2.75) is 27.3 Å². The number of aromatic nitrogens is 2. The molecule has 1 heterocycles. The number of oxime groups is 1. The van der Waals surface area contributed by atoms with Gasteiger partial charge in [-0.25, -0.2) is 0 Å². The fraction of sp³-hybridized carbons (Fsp3) is 0.556. The van der Waals surface area contributed by atoms with Gasteiger partial charge >= 0.3 is 0 Å². The Morgan fingerprint density at radius 3 is 2.86 bits per heavy atom. The lowest BCUT2D eigenvalue weighted by molar-refractivity contribution is 0.318. The van der Waals surface area contributed by atoms with Gasteiger partial charge in [0.25, 0.3) is 0 Å². The van der Waals surface area contributed by atoms with Crippen molar-refractivity contribution in [2.75, 3.05) is 0 Å². The molecule has 0 aliphatic rings. The molecule has 0 aromatic carbocycles. The highest BCUT2D eigenvalue weighted by Crippen LogP contribution is 2.07. The first kappa shape index (κ1) is 10.6. The molecule has 1 aromatic heterocycles. The second-order valence-electron chi connectivity index (χ2n) is 3.73. The molecule has 0 atom stereocenters. The van der Waals surface area contributed by atoms with E-state index in [1.165, 1.54) is 0 Å². The van der Waals surface area contributed by atoms with Crippen molar-refractivity contribution in [3.8, 4) is 0 Å². The Morgan fingerprint density at radius 2 is 2.36 bits per heavy atom. The van der Waals surface area contributed by atoms with Crippen LogP contribution >= 0.6 is 0 Å². The Kier molecular flexibility index (Phi) is 3.11. The Morgan fingerprint density at radius 1 is 1.71 bits per heavy atom. The van der Waals surface area contributed by atoms with Crippen LogP contribution in [0.2, 0.25) is 0 Å². The summed E-state index contributed by atoms with van der Waals surface area (Å²) in [6.45, 7) is 6.89. The molecule has 5 heteroatoms. The largest absolute Gasteiger partial charge is 0.409 e. The molecule has 3 N–H and O–H groups in total. The molecular weight excluding hydrogens is 180 g/mol. The molecule has 0 bridgehead atoms. The van der Waals surface area contributed by atoms with E-state index in [4.69, 9.17) is 10.9 Å². The van der Waals surface area contributed by atoms with Crippen molar-refractivity contribution >= 4 is 5.84 Å². The van der Waals surface area contributed by atoms with Crippen molar-refractivity contribution < 1.29 is 5.21 Å². The molecule has 0 saturated carbocycles. The maximum atomic E-state index is 8.53. The fourth-order valence-corrected chi connectivity index (χ4v) is 1.29. The number of aryl methyl sites for hydroxylation is 1. The average molecular weight is 196 g/mol. The Labute approximate surface area is 83.2 Å². The molecule has 14 heavy (non-hydrogen) atoms. The van der Waals surface area contributed by atoms with E-state index in [0.717, 1.165) is 12.2 Å². The van der Waals surface area contributed by atoms with E-state index in [-0.39, 0.29) is 5.84 Å². The van der Waals surface area contributed by atoms with Gasteiger partial charge in [0, 0.05) is 12.7 Å². The summed E-state index contributed by atoms with van der Waals surface area (Å²) in [5, 5.41) is 15.7. The van der Waals surface area contributed by atoms with E-state index in [1.807, 2.05) is 11.6 Å². The Bertz CT molecular complexity index is 341. The van der Waals surface area contributed by atoms with Crippen molar-refractivity contribution in [3.63, 3.8) is 0 Å². The van der Waals surface area contributed by atoms with Crippen LogP contribution in [0.3, 0.4) is 0 Å². The lowest BCUT2D eigenvalue weighted by atomic mass is 10.2. The number of hydrogen-bond donors (Lipinski definition) is 2. The Hall–Kier alpha value is -1.52. The molecule has 0 amide bonds. The highest BCUT2D eigenvalue weighted by Gasteiger charge is 2.09. The van der Waals surface area contributed by atoms with E-state index in [1.54, 1.807) is 6.20 Å². The van der Waals surface area contributed by atoms with Crippen LogP contribution in [0.1, 0.15) is 25.1 Å². The maximum absolute atomic E-state index is 8.53. The second-order valence-corrected chi connectivity index (χ2v) is 3.73. The van der Waals surface area contributed by atoms with Crippen molar-refractivity contribution in [3.05, 3.63) is 17.5 Å². The van der Waals surface area contributed by atoms with E-state index < -0.39 is 0 Å². The summed E-state index contributed by atoms with van der Waals surface area (Å²) in [6, 6.07) is 0. The monoisotopic (exact) mass is 196 g/mol. The lowest BCUT2D eigenvalue weighted by Crippen LogP contribution is -2.13. The zero-order valence-electron chi connectivity index (χ0n) is 8.73. The van der Waals surface area contributed by atoms with Gasteiger partial charge in [0.15, 0.2) is 5.84 Å². The van der Waals surface area contributed by atoms with Crippen LogP contribution in [-0.4, -0.2) is 20.8 Å². The normalized spacial score (nSPS) is 12.4. The minimum absolute atomic E-state index is 0.109. The highest BCUT2D eigenvalue weighted by atomic mass is 16.4. The zero-order valence-corrected chi connectivity index (χ0v) is 8.73. The molecule has 0 spiro atoms. The first-order valence-electron chi connectivity index (χ1n) is 4.56. The first-order chi connectivity index (χ1) is 6.54. The highest BCUT2D eigenvalue weighted by molar-refractivity contribution is 5.97. The summed E-state index contributed by atoms with van der Waals surface area (Å²) in [6.07, 6.45) is 1.80.